The lowest BCUT2D eigenvalue weighted by Crippen LogP contribution is -2.47. The Kier molecular flexibility index (Phi) is 6.57. The largest absolute Gasteiger partial charge is 0.353 e. The third-order valence-corrected chi connectivity index (χ3v) is 7.59. The smallest absolute Gasteiger partial charge is 0.290 e. The van der Waals surface area contributed by atoms with Crippen molar-refractivity contribution in [1.82, 2.24) is 9.62 Å². The summed E-state index contributed by atoms with van der Waals surface area (Å²) in [5.41, 5.74) is -0.554. The van der Waals surface area contributed by atoms with Crippen molar-refractivity contribution in [3.8, 4) is 0 Å². The van der Waals surface area contributed by atoms with Crippen LogP contribution >= 0.6 is 11.6 Å². The second kappa shape index (κ2) is 8.75. The van der Waals surface area contributed by atoms with Crippen LogP contribution < -0.4 is 5.32 Å². The number of hydrogen-bond acceptors (Lipinski definition) is 5. The van der Waals surface area contributed by atoms with Gasteiger partial charge in [0.25, 0.3) is 5.69 Å². The molecule has 1 aromatic rings. The van der Waals surface area contributed by atoms with Gasteiger partial charge in [-0.15, -0.1) is 0 Å². The van der Waals surface area contributed by atoms with Gasteiger partial charge in [-0.2, -0.15) is 4.31 Å². The maximum atomic E-state index is 13.0. The van der Waals surface area contributed by atoms with Crippen LogP contribution in [0.2, 0.25) is 5.02 Å². The Labute approximate surface area is 169 Å². The molecule has 1 aliphatic carbocycles. The number of benzene rings is 1. The van der Waals surface area contributed by atoms with Gasteiger partial charge >= 0.3 is 0 Å². The average Bonchev–Trinajstić information content (AvgIpc) is 2.68. The van der Waals surface area contributed by atoms with Crippen molar-refractivity contribution in [1.29, 1.82) is 0 Å². The number of carbonyl (C=O) groups is 1. The number of piperidine rings is 1. The molecule has 1 heterocycles. The predicted octanol–water partition coefficient (Wildman–Crippen LogP) is 3.10. The van der Waals surface area contributed by atoms with E-state index in [1.807, 2.05) is 0 Å². The molecule has 1 atom stereocenters. The van der Waals surface area contributed by atoms with Gasteiger partial charge in [-0.3, -0.25) is 14.9 Å². The molecule has 2 fully saturated rings. The Morgan fingerprint density at radius 3 is 2.57 bits per heavy atom. The first kappa shape index (κ1) is 21.0. The second-order valence-electron chi connectivity index (χ2n) is 7.41. The van der Waals surface area contributed by atoms with Crippen molar-refractivity contribution >= 4 is 33.2 Å². The number of nitrogens with one attached hydrogen (secondary N) is 1. The summed E-state index contributed by atoms with van der Waals surface area (Å²) in [6, 6.07) is 3.66. The van der Waals surface area contributed by atoms with Gasteiger partial charge in [-0.25, -0.2) is 8.42 Å². The van der Waals surface area contributed by atoms with Gasteiger partial charge in [0.2, 0.25) is 15.9 Å². The number of hydrogen-bond donors (Lipinski definition) is 1. The monoisotopic (exact) mass is 429 g/mol. The number of amides is 1. The van der Waals surface area contributed by atoms with E-state index >= 15 is 0 Å². The lowest BCUT2D eigenvalue weighted by Gasteiger charge is -2.32. The molecule has 1 amide bonds. The zero-order valence-corrected chi connectivity index (χ0v) is 17.0. The van der Waals surface area contributed by atoms with Gasteiger partial charge in [-0.1, -0.05) is 30.9 Å². The third-order valence-electron chi connectivity index (χ3n) is 5.44. The summed E-state index contributed by atoms with van der Waals surface area (Å²) < 4.78 is 27.2. The highest BCUT2D eigenvalue weighted by atomic mass is 35.5. The van der Waals surface area contributed by atoms with Crippen molar-refractivity contribution < 1.29 is 18.1 Å². The summed E-state index contributed by atoms with van der Waals surface area (Å²) in [6.07, 6.45) is 6.42. The van der Waals surface area contributed by atoms with E-state index in [2.05, 4.69) is 5.32 Å². The fraction of sp³-hybridized carbons (Fsp3) is 0.611. The molecular formula is C18H24ClN3O5S. The first-order valence-corrected chi connectivity index (χ1v) is 11.4. The molecule has 2 aliphatic rings. The van der Waals surface area contributed by atoms with Crippen LogP contribution in [0.4, 0.5) is 5.69 Å². The van der Waals surface area contributed by atoms with E-state index in [4.69, 9.17) is 11.6 Å². The van der Waals surface area contributed by atoms with Crippen LogP contribution in [0, 0.1) is 16.0 Å². The predicted molar refractivity (Wildman–Crippen MR) is 105 cm³/mol. The van der Waals surface area contributed by atoms with Gasteiger partial charge in [0.1, 0.15) is 0 Å². The maximum Gasteiger partial charge on any atom is 0.290 e. The molecule has 0 spiro atoms. The minimum atomic E-state index is -4.10. The molecule has 1 aliphatic heterocycles. The molecule has 28 heavy (non-hydrogen) atoms. The SMILES string of the molecule is O=C(NC1CCCCC1)C1CCCN(S(=O)(=O)c2ccc(Cl)cc2[N+](=O)[O-])C1. The summed E-state index contributed by atoms with van der Waals surface area (Å²) >= 11 is 5.79. The molecule has 8 nitrogen and oxygen atoms in total. The Bertz CT molecular complexity index is 855. The summed E-state index contributed by atoms with van der Waals surface area (Å²) in [4.78, 5) is 22.8. The first-order valence-electron chi connectivity index (χ1n) is 9.53. The highest BCUT2D eigenvalue weighted by Gasteiger charge is 2.37. The van der Waals surface area contributed by atoms with Crippen molar-refractivity contribution in [3.63, 3.8) is 0 Å². The lowest BCUT2D eigenvalue weighted by molar-refractivity contribution is -0.387. The molecule has 1 saturated heterocycles. The lowest BCUT2D eigenvalue weighted by atomic mass is 9.93. The quantitative estimate of drug-likeness (QED) is 0.571. The average molecular weight is 430 g/mol. The van der Waals surface area contributed by atoms with Gasteiger partial charge in [-0.05, 0) is 37.8 Å². The maximum absolute atomic E-state index is 13.0. The molecule has 1 N–H and O–H groups in total. The van der Waals surface area contributed by atoms with Crippen LogP contribution in [0.1, 0.15) is 44.9 Å². The second-order valence-corrected chi connectivity index (χ2v) is 9.76. The zero-order chi connectivity index (χ0) is 20.3. The van der Waals surface area contributed by atoms with E-state index in [1.54, 1.807) is 0 Å². The number of carbonyl (C=O) groups excluding carboxylic acids is 1. The summed E-state index contributed by atoms with van der Waals surface area (Å²) in [5.74, 6) is -0.575. The summed E-state index contributed by atoms with van der Waals surface area (Å²) in [6.45, 7) is 0.260. The number of nitrogens with zero attached hydrogens (tertiary/aromatic N) is 2. The van der Waals surface area contributed by atoms with Crippen LogP contribution in [-0.2, 0) is 14.8 Å². The van der Waals surface area contributed by atoms with Crippen molar-refractivity contribution in [3.05, 3.63) is 33.3 Å². The first-order chi connectivity index (χ1) is 13.3. The van der Waals surface area contributed by atoms with Crippen molar-refractivity contribution in [2.45, 2.75) is 55.9 Å². The minimum absolute atomic E-state index is 0.0284. The molecule has 0 aromatic heterocycles. The van der Waals surface area contributed by atoms with E-state index in [0.29, 0.717) is 12.8 Å². The normalized spacial score (nSPS) is 22.0. The molecular weight excluding hydrogens is 406 g/mol. The van der Waals surface area contributed by atoms with Gasteiger partial charge in [0.15, 0.2) is 4.90 Å². The highest BCUT2D eigenvalue weighted by Crippen LogP contribution is 2.32. The fourth-order valence-electron chi connectivity index (χ4n) is 3.93. The fourth-order valence-corrected chi connectivity index (χ4v) is 5.76. The molecule has 1 unspecified atom stereocenters. The highest BCUT2D eigenvalue weighted by molar-refractivity contribution is 7.89. The number of rotatable bonds is 5. The Hall–Kier alpha value is -1.71. The van der Waals surface area contributed by atoms with Crippen molar-refractivity contribution in [2.24, 2.45) is 5.92 Å². The molecule has 1 aromatic carbocycles. The van der Waals surface area contributed by atoms with Crippen LogP contribution in [0.15, 0.2) is 23.1 Å². The minimum Gasteiger partial charge on any atom is -0.353 e. The molecule has 10 heteroatoms. The number of sulfonamides is 1. The number of nitro groups is 1. The molecule has 1 saturated carbocycles. The van der Waals surface area contributed by atoms with Crippen LogP contribution in [-0.4, -0.2) is 42.7 Å². The van der Waals surface area contributed by atoms with Crippen molar-refractivity contribution in [2.75, 3.05) is 13.1 Å². The van der Waals surface area contributed by atoms with E-state index in [9.17, 15) is 23.3 Å². The van der Waals surface area contributed by atoms with Crippen LogP contribution in [0.5, 0.6) is 0 Å². The van der Waals surface area contributed by atoms with Crippen LogP contribution in [0.3, 0.4) is 0 Å². The van der Waals surface area contributed by atoms with E-state index in [1.165, 1.54) is 16.8 Å². The topological polar surface area (TPSA) is 110 Å². The number of nitro benzene ring substituents is 1. The van der Waals surface area contributed by atoms with E-state index in [0.717, 1.165) is 37.8 Å². The van der Waals surface area contributed by atoms with Gasteiger partial charge < -0.3 is 5.32 Å². The summed E-state index contributed by atoms with van der Waals surface area (Å²) in [7, 11) is -4.10. The molecule has 3 rings (SSSR count). The number of halogens is 1. The Balaban J connectivity index is 1.76. The Morgan fingerprint density at radius 2 is 1.89 bits per heavy atom. The zero-order valence-electron chi connectivity index (χ0n) is 15.5. The van der Waals surface area contributed by atoms with E-state index < -0.39 is 31.4 Å². The van der Waals surface area contributed by atoms with Gasteiger partial charge in [0, 0.05) is 30.2 Å². The van der Waals surface area contributed by atoms with E-state index in [-0.39, 0.29) is 30.1 Å². The molecule has 0 radical (unpaired) electrons. The Morgan fingerprint density at radius 1 is 1.18 bits per heavy atom. The summed E-state index contributed by atoms with van der Waals surface area (Å²) in [5, 5.41) is 14.4. The molecule has 0 bridgehead atoms. The standard InChI is InChI=1S/C18H24ClN3O5S/c19-14-8-9-17(16(11-14)22(24)25)28(26,27)21-10-4-5-13(12-21)18(23)20-15-6-2-1-3-7-15/h8-9,11,13,15H,1-7,10,12H2,(H,20,23). The van der Waals surface area contributed by atoms with Gasteiger partial charge in [0.05, 0.1) is 10.8 Å². The molecule has 154 valence electrons. The van der Waals surface area contributed by atoms with Crippen LogP contribution in [0.25, 0.3) is 0 Å². The third kappa shape index (κ3) is 4.64.